The molecule has 0 bridgehead atoms. The van der Waals surface area contributed by atoms with Gasteiger partial charge in [-0.15, -0.1) is 5.10 Å². The van der Waals surface area contributed by atoms with E-state index in [0.29, 0.717) is 27.1 Å². The molecule has 10 heteroatoms. The predicted molar refractivity (Wildman–Crippen MR) is 110 cm³/mol. The smallest absolute Gasteiger partial charge is 0.330 e. The Morgan fingerprint density at radius 3 is 2.33 bits per heavy atom. The van der Waals surface area contributed by atoms with Crippen LogP contribution in [0.4, 0.5) is 0 Å². The van der Waals surface area contributed by atoms with E-state index >= 15 is 0 Å². The molecule has 1 atom stereocenters. The number of benzene rings is 2. The van der Waals surface area contributed by atoms with Gasteiger partial charge in [-0.2, -0.15) is 4.98 Å². The molecule has 1 aromatic heterocycles. The average molecular weight is 450 g/mol. The van der Waals surface area contributed by atoms with E-state index in [1.165, 1.54) is 14.0 Å². The highest BCUT2D eigenvalue weighted by Crippen LogP contribution is 2.33. The SMILES string of the molecule is COC(=O)C(C)n1nc(-c2ccc(Oc3ccc(Cl)cc3)cc2Cl)nc1OC(C)=O. The Kier molecular flexibility index (Phi) is 6.59. The van der Waals surface area contributed by atoms with Crippen molar-refractivity contribution in [3.05, 3.63) is 52.5 Å². The second-order valence-corrected chi connectivity index (χ2v) is 7.00. The number of nitrogens with zero attached hydrogens (tertiary/aromatic N) is 3. The molecule has 0 aliphatic heterocycles. The van der Waals surface area contributed by atoms with Crippen molar-refractivity contribution in [2.24, 2.45) is 0 Å². The first kappa shape index (κ1) is 21.6. The molecule has 1 unspecified atom stereocenters. The van der Waals surface area contributed by atoms with Gasteiger partial charge in [0, 0.05) is 23.6 Å². The van der Waals surface area contributed by atoms with Crippen molar-refractivity contribution < 1.29 is 23.8 Å². The number of ether oxygens (including phenoxy) is 3. The molecular formula is C20H17Cl2N3O5. The van der Waals surface area contributed by atoms with Gasteiger partial charge < -0.3 is 14.2 Å². The van der Waals surface area contributed by atoms with Gasteiger partial charge in [-0.3, -0.25) is 4.79 Å². The first-order valence-corrected chi connectivity index (χ1v) is 9.50. The van der Waals surface area contributed by atoms with E-state index < -0.39 is 18.0 Å². The van der Waals surface area contributed by atoms with Crippen molar-refractivity contribution >= 4 is 35.1 Å². The second kappa shape index (κ2) is 9.15. The van der Waals surface area contributed by atoms with Gasteiger partial charge in [0.25, 0.3) is 0 Å². The van der Waals surface area contributed by atoms with E-state index in [2.05, 4.69) is 10.1 Å². The van der Waals surface area contributed by atoms with E-state index in [0.717, 1.165) is 4.68 Å². The number of rotatable bonds is 6. The fourth-order valence-electron chi connectivity index (χ4n) is 2.52. The van der Waals surface area contributed by atoms with E-state index in [-0.39, 0.29) is 11.8 Å². The van der Waals surface area contributed by atoms with Gasteiger partial charge in [-0.1, -0.05) is 23.2 Å². The summed E-state index contributed by atoms with van der Waals surface area (Å²) in [5, 5.41) is 5.18. The van der Waals surface area contributed by atoms with Crippen LogP contribution in [0.15, 0.2) is 42.5 Å². The Labute approximate surface area is 182 Å². The molecular weight excluding hydrogens is 433 g/mol. The standard InChI is InChI=1S/C20H17Cl2N3O5/c1-11(19(27)28-3)25-20(29-12(2)26)23-18(24-25)16-9-8-15(10-17(16)22)30-14-6-4-13(21)5-7-14/h4-11H,1-3H3. The molecule has 8 nitrogen and oxygen atoms in total. The molecule has 0 aliphatic rings. The quantitative estimate of drug-likeness (QED) is 0.503. The van der Waals surface area contributed by atoms with E-state index in [9.17, 15) is 9.59 Å². The lowest BCUT2D eigenvalue weighted by Gasteiger charge is -2.10. The van der Waals surface area contributed by atoms with Crippen LogP contribution in [0.25, 0.3) is 11.4 Å². The predicted octanol–water partition coefficient (Wildman–Crippen LogP) is 4.70. The summed E-state index contributed by atoms with van der Waals surface area (Å²) in [6.07, 6.45) is 0. The van der Waals surface area contributed by atoms with Gasteiger partial charge in [0.2, 0.25) is 0 Å². The van der Waals surface area contributed by atoms with Gasteiger partial charge in [0.1, 0.15) is 11.5 Å². The van der Waals surface area contributed by atoms with Gasteiger partial charge in [0.15, 0.2) is 11.9 Å². The number of esters is 2. The topological polar surface area (TPSA) is 92.5 Å². The highest BCUT2D eigenvalue weighted by molar-refractivity contribution is 6.33. The van der Waals surface area contributed by atoms with Crippen molar-refractivity contribution in [1.29, 1.82) is 0 Å². The van der Waals surface area contributed by atoms with Gasteiger partial charge >= 0.3 is 17.9 Å². The van der Waals surface area contributed by atoms with E-state index in [4.69, 9.17) is 37.4 Å². The Bertz CT molecular complexity index is 1080. The van der Waals surface area contributed by atoms with E-state index in [1.54, 1.807) is 49.4 Å². The zero-order chi connectivity index (χ0) is 21.8. The third-order valence-corrected chi connectivity index (χ3v) is 4.54. The van der Waals surface area contributed by atoms with Gasteiger partial charge in [0.05, 0.1) is 12.1 Å². The number of halogens is 2. The minimum Gasteiger partial charge on any atom is -0.467 e. The third kappa shape index (κ3) is 4.90. The van der Waals surface area contributed by atoms with Crippen LogP contribution in [0.5, 0.6) is 17.5 Å². The van der Waals surface area contributed by atoms with Crippen LogP contribution in [0, 0.1) is 0 Å². The normalized spacial score (nSPS) is 11.6. The molecule has 30 heavy (non-hydrogen) atoms. The van der Waals surface area contributed by atoms with Crippen molar-refractivity contribution in [1.82, 2.24) is 14.8 Å². The maximum Gasteiger partial charge on any atom is 0.330 e. The van der Waals surface area contributed by atoms with Gasteiger partial charge in [-0.05, 0) is 43.3 Å². The molecule has 0 aliphatic carbocycles. The highest BCUT2D eigenvalue weighted by Gasteiger charge is 2.25. The molecule has 1 heterocycles. The van der Waals surface area contributed by atoms with E-state index in [1.807, 2.05) is 0 Å². The van der Waals surface area contributed by atoms with Crippen LogP contribution in [-0.2, 0) is 14.3 Å². The fourth-order valence-corrected chi connectivity index (χ4v) is 2.90. The number of hydrogen-bond donors (Lipinski definition) is 0. The summed E-state index contributed by atoms with van der Waals surface area (Å²) < 4.78 is 16.7. The Hall–Kier alpha value is -3.10. The second-order valence-electron chi connectivity index (χ2n) is 6.15. The molecule has 0 N–H and O–H groups in total. The third-order valence-electron chi connectivity index (χ3n) is 3.97. The maximum atomic E-state index is 11.9. The maximum absolute atomic E-state index is 11.9. The summed E-state index contributed by atoms with van der Waals surface area (Å²) in [7, 11) is 1.25. The summed E-state index contributed by atoms with van der Waals surface area (Å²) in [4.78, 5) is 27.5. The number of carbonyl (C=O) groups excluding carboxylic acids is 2. The molecule has 3 aromatic rings. The Morgan fingerprint density at radius 1 is 1.07 bits per heavy atom. The highest BCUT2D eigenvalue weighted by atomic mass is 35.5. The van der Waals surface area contributed by atoms with Crippen LogP contribution in [-0.4, -0.2) is 33.8 Å². The molecule has 0 amide bonds. The summed E-state index contributed by atoms with van der Waals surface area (Å²) in [6, 6.07) is 10.8. The van der Waals surface area contributed by atoms with Crippen molar-refractivity contribution in [2.45, 2.75) is 19.9 Å². The van der Waals surface area contributed by atoms with Crippen LogP contribution in [0.2, 0.25) is 10.0 Å². The Morgan fingerprint density at radius 2 is 1.73 bits per heavy atom. The molecule has 0 fully saturated rings. The zero-order valence-corrected chi connectivity index (χ0v) is 17.8. The summed E-state index contributed by atoms with van der Waals surface area (Å²) >= 11 is 12.3. The minimum atomic E-state index is -0.864. The average Bonchev–Trinajstić information content (AvgIpc) is 3.11. The molecule has 2 aromatic carbocycles. The zero-order valence-electron chi connectivity index (χ0n) is 16.3. The van der Waals surface area contributed by atoms with Crippen LogP contribution in [0.1, 0.15) is 19.9 Å². The fraction of sp³-hybridized carbons (Fsp3) is 0.200. The molecule has 156 valence electrons. The minimum absolute atomic E-state index is 0.145. The first-order chi connectivity index (χ1) is 14.3. The van der Waals surface area contributed by atoms with Crippen LogP contribution >= 0.6 is 23.2 Å². The molecule has 0 spiro atoms. The summed E-state index contributed by atoms with van der Waals surface area (Å²) in [5.41, 5.74) is 0.462. The van der Waals surface area contributed by atoms with Crippen molar-refractivity contribution in [3.8, 4) is 28.9 Å². The lowest BCUT2D eigenvalue weighted by Crippen LogP contribution is -2.21. The number of methoxy groups -OCH3 is 1. The summed E-state index contributed by atoms with van der Waals surface area (Å²) in [6.45, 7) is 2.76. The van der Waals surface area contributed by atoms with Crippen LogP contribution < -0.4 is 9.47 Å². The first-order valence-electron chi connectivity index (χ1n) is 8.74. The lowest BCUT2D eigenvalue weighted by molar-refractivity contribution is -0.145. The molecule has 3 rings (SSSR count). The molecule has 0 saturated heterocycles. The number of aromatic nitrogens is 3. The molecule has 0 saturated carbocycles. The van der Waals surface area contributed by atoms with Crippen molar-refractivity contribution in [2.75, 3.05) is 7.11 Å². The van der Waals surface area contributed by atoms with Crippen molar-refractivity contribution in [3.63, 3.8) is 0 Å². The Balaban J connectivity index is 1.92. The largest absolute Gasteiger partial charge is 0.467 e. The lowest BCUT2D eigenvalue weighted by atomic mass is 10.2. The van der Waals surface area contributed by atoms with Crippen LogP contribution in [0.3, 0.4) is 0 Å². The summed E-state index contributed by atoms with van der Waals surface area (Å²) in [5.74, 6) is 0.0797. The van der Waals surface area contributed by atoms with Gasteiger partial charge in [-0.25, -0.2) is 9.48 Å². The monoisotopic (exact) mass is 449 g/mol. The number of carbonyl (C=O) groups is 2. The molecule has 0 radical (unpaired) electrons. The number of hydrogen-bond acceptors (Lipinski definition) is 7.